The number of carbonyl (C=O) groups is 3. The molecule has 7 heteroatoms. The Hall–Kier alpha value is -2.44. The number of nitrogens with one attached hydrogen (secondary N) is 1. The number of amides is 1. The molecule has 2 atom stereocenters. The number of aliphatic carboxylic acids is 1. The minimum Gasteiger partial charge on any atom is -0.480 e. The maximum absolute atomic E-state index is 13.1. The van der Waals surface area contributed by atoms with E-state index in [0.29, 0.717) is 5.56 Å². The van der Waals surface area contributed by atoms with Crippen molar-refractivity contribution in [2.75, 3.05) is 6.61 Å². The maximum atomic E-state index is 13.1. The summed E-state index contributed by atoms with van der Waals surface area (Å²) in [6, 6.07) is 4.27. The molecule has 0 aromatic heterocycles. The second kappa shape index (κ2) is 8.87. The molecule has 2 N–H and O–H groups in total. The summed E-state index contributed by atoms with van der Waals surface area (Å²) in [7, 11) is 0. The molecule has 1 amide bonds. The number of carboxylic acid groups (broad SMARTS) is 1. The molecule has 0 unspecified atom stereocenters. The van der Waals surface area contributed by atoms with E-state index in [1.54, 1.807) is 13.0 Å². The molecule has 1 aromatic rings. The highest BCUT2D eigenvalue weighted by atomic mass is 19.1. The number of ether oxygens (including phenoxy) is 1. The summed E-state index contributed by atoms with van der Waals surface area (Å²) < 4.78 is 17.8. The number of hydrogen-bond acceptors (Lipinski definition) is 4. The highest BCUT2D eigenvalue weighted by Crippen LogP contribution is 2.11. The average Bonchev–Trinajstić information content (AvgIpc) is 2.44. The third-order valence-electron chi connectivity index (χ3n) is 3.20. The van der Waals surface area contributed by atoms with Crippen molar-refractivity contribution >= 4 is 17.8 Å². The summed E-state index contributed by atoms with van der Waals surface area (Å²) in [5, 5.41) is 11.6. The molecule has 0 aliphatic heterocycles. The molecule has 0 bridgehead atoms. The summed E-state index contributed by atoms with van der Waals surface area (Å²) in [5.74, 6) is -3.43. The Morgan fingerprint density at radius 2 is 2.04 bits per heavy atom. The summed E-state index contributed by atoms with van der Waals surface area (Å²) >= 11 is 0. The van der Waals surface area contributed by atoms with Gasteiger partial charge in [-0.15, -0.1) is 0 Å². The van der Waals surface area contributed by atoms with Crippen molar-refractivity contribution in [3.63, 3.8) is 0 Å². The van der Waals surface area contributed by atoms with Crippen molar-refractivity contribution in [1.29, 1.82) is 0 Å². The van der Waals surface area contributed by atoms with E-state index in [-0.39, 0.29) is 19.4 Å². The molecule has 126 valence electrons. The van der Waals surface area contributed by atoms with Gasteiger partial charge in [-0.25, -0.2) is 9.18 Å². The van der Waals surface area contributed by atoms with Crippen LogP contribution in [0.5, 0.6) is 0 Å². The van der Waals surface area contributed by atoms with Crippen LogP contribution in [0.3, 0.4) is 0 Å². The zero-order chi connectivity index (χ0) is 17.4. The number of halogens is 1. The van der Waals surface area contributed by atoms with Crippen LogP contribution >= 0.6 is 0 Å². The summed E-state index contributed by atoms with van der Waals surface area (Å²) in [4.78, 5) is 34.7. The van der Waals surface area contributed by atoms with Crippen LogP contribution < -0.4 is 5.32 Å². The largest absolute Gasteiger partial charge is 0.480 e. The third-order valence-corrected chi connectivity index (χ3v) is 3.20. The SMILES string of the molecule is CCOC(=O)C[C@H](C)[C@H](NC(=O)Cc1cccc(F)c1)C(=O)O. The van der Waals surface area contributed by atoms with Gasteiger partial charge in [0.1, 0.15) is 11.9 Å². The first-order valence-electron chi connectivity index (χ1n) is 7.25. The fraction of sp³-hybridized carbons (Fsp3) is 0.438. The van der Waals surface area contributed by atoms with Gasteiger partial charge in [0.05, 0.1) is 19.4 Å². The molecule has 0 spiro atoms. The highest BCUT2D eigenvalue weighted by molar-refractivity contribution is 5.85. The summed E-state index contributed by atoms with van der Waals surface area (Å²) in [6.07, 6.45) is -0.265. The predicted octanol–water partition coefficient (Wildman–Crippen LogP) is 1.53. The maximum Gasteiger partial charge on any atom is 0.326 e. The van der Waals surface area contributed by atoms with Gasteiger partial charge >= 0.3 is 11.9 Å². The minimum absolute atomic E-state index is 0.120. The van der Waals surface area contributed by atoms with E-state index in [0.717, 1.165) is 0 Å². The Bertz CT molecular complexity index is 575. The van der Waals surface area contributed by atoms with Crippen molar-refractivity contribution in [3.05, 3.63) is 35.6 Å². The normalized spacial score (nSPS) is 13.0. The van der Waals surface area contributed by atoms with Gasteiger partial charge in [0, 0.05) is 0 Å². The summed E-state index contributed by atoms with van der Waals surface area (Å²) in [6.45, 7) is 3.39. The van der Waals surface area contributed by atoms with Crippen molar-refractivity contribution < 1.29 is 28.6 Å². The van der Waals surface area contributed by atoms with E-state index in [1.807, 2.05) is 0 Å². The van der Waals surface area contributed by atoms with Crippen LogP contribution in [0, 0.1) is 11.7 Å². The number of carboxylic acids is 1. The van der Waals surface area contributed by atoms with Gasteiger partial charge in [-0.05, 0) is 30.5 Å². The summed E-state index contributed by atoms with van der Waals surface area (Å²) in [5.41, 5.74) is 0.435. The van der Waals surface area contributed by atoms with E-state index < -0.39 is 35.6 Å². The van der Waals surface area contributed by atoms with Crippen LogP contribution in [-0.4, -0.2) is 35.6 Å². The molecular weight excluding hydrogens is 305 g/mol. The first-order valence-corrected chi connectivity index (χ1v) is 7.25. The van der Waals surface area contributed by atoms with Gasteiger partial charge in [-0.1, -0.05) is 19.1 Å². The van der Waals surface area contributed by atoms with Crippen LogP contribution in [0.1, 0.15) is 25.8 Å². The van der Waals surface area contributed by atoms with E-state index in [4.69, 9.17) is 4.74 Å². The van der Waals surface area contributed by atoms with Gasteiger partial charge in [0.25, 0.3) is 0 Å². The second-order valence-corrected chi connectivity index (χ2v) is 5.18. The van der Waals surface area contributed by atoms with Crippen LogP contribution in [0.4, 0.5) is 4.39 Å². The number of esters is 1. The molecule has 0 heterocycles. The first kappa shape index (κ1) is 18.6. The number of carbonyl (C=O) groups excluding carboxylic acids is 2. The molecular formula is C16H20FNO5. The monoisotopic (exact) mass is 325 g/mol. The lowest BCUT2D eigenvalue weighted by Crippen LogP contribution is -2.46. The Balaban J connectivity index is 2.66. The second-order valence-electron chi connectivity index (χ2n) is 5.18. The Labute approximate surface area is 133 Å². The predicted molar refractivity (Wildman–Crippen MR) is 80.1 cm³/mol. The fourth-order valence-corrected chi connectivity index (χ4v) is 2.10. The van der Waals surface area contributed by atoms with Gasteiger partial charge in [0.15, 0.2) is 0 Å². The topological polar surface area (TPSA) is 92.7 Å². The first-order chi connectivity index (χ1) is 10.8. The molecule has 0 aliphatic carbocycles. The molecule has 0 radical (unpaired) electrons. The van der Waals surface area contributed by atoms with Crippen LogP contribution in [-0.2, 0) is 25.5 Å². The standard InChI is InChI=1S/C16H20FNO5/c1-3-23-14(20)7-10(2)15(16(21)22)18-13(19)9-11-5-4-6-12(17)8-11/h4-6,8,10,15H,3,7,9H2,1-2H3,(H,18,19)(H,21,22)/t10-,15-/m0/s1. The van der Waals surface area contributed by atoms with E-state index >= 15 is 0 Å². The van der Waals surface area contributed by atoms with Gasteiger partial charge in [-0.3, -0.25) is 9.59 Å². The molecule has 0 saturated heterocycles. The van der Waals surface area contributed by atoms with E-state index in [1.165, 1.54) is 25.1 Å². The van der Waals surface area contributed by atoms with Gasteiger partial charge in [-0.2, -0.15) is 0 Å². The van der Waals surface area contributed by atoms with Crippen LogP contribution in [0.15, 0.2) is 24.3 Å². The molecule has 1 rings (SSSR count). The van der Waals surface area contributed by atoms with E-state index in [2.05, 4.69) is 5.32 Å². The lowest BCUT2D eigenvalue weighted by molar-refractivity contribution is -0.147. The molecule has 0 aliphatic rings. The molecule has 6 nitrogen and oxygen atoms in total. The number of hydrogen-bond donors (Lipinski definition) is 2. The molecule has 1 aromatic carbocycles. The fourth-order valence-electron chi connectivity index (χ4n) is 2.10. The zero-order valence-electron chi connectivity index (χ0n) is 13.0. The highest BCUT2D eigenvalue weighted by Gasteiger charge is 2.28. The third kappa shape index (κ3) is 6.46. The molecule has 0 fully saturated rings. The van der Waals surface area contributed by atoms with Crippen molar-refractivity contribution in [2.24, 2.45) is 5.92 Å². The van der Waals surface area contributed by atoms with Gasteiger partial charge < -0.3 is 15.2 Å². The zero-order valence-corrected chi connectivity index (χ0v) is 13.0. The molecule has 0 saturated carbocycles. The van der Waals surface area contributed by atoms with E-state index in [9.17, 15) is 23.9 Å². The Morgan fingerprint density at radius 3 is 2.61 bits per heavy atom. The average molecular weight is 325 g/mol. The van der Waals surface area contributed by atoms with Crippen LogP contribution in [0.25, 0.3) is 0 Å². The van der Waals surface area contributed by atoms with Crippen molar-refractivity contribution in [3.8, 4) is 0 Å². The smallest absolute Gasteiger partial charge is 0.326 e. The number of benzene rings is 1. The van der Waals surface area contributed by atoms with Crippen molar-refractivity contribution in [1.82, 2.24) is 5.32 Å². The lowest BCUT2D eigenvalue weighted by atomic mass is 9.98. The Morgan fingerprint density at radius 1 is 1.35 bits per heavy atom. The minimum atomic E-state index is -1.24. The quantitative estimate of drug-likeness (QED) is 0.707. The van der Waals surface area contributed by atoms with Crippen LogP contribution in [0.2, 0.25) is 0 Å². The number of rotatable bonds is 8. The van der Waals surface area contributed by atoms with Gasteiger partial charge in [0.2, 0.25) is 5.91 Å². The molecule has 23 heavy (non-hydrogen) atoms. The lowest BCUT2D eigenvalue weighted by Gasteiger charge is -2.20. The van der Waals surface area contributed by atoms with Crippen molar-refractivity contribution in [2.45, 2.75) is 32.7 Å². The Kier molecular flexibility index (Phi) is 7.18.